The lowest BCUT2D eigenvalue weighted by Gasteiger charge is -2.12. The number of nitrogens with zero attached hydrogens (tertiary/aromatic N) is 2. The number of aromatic nitrogens is 2. The Hall–Kier alpha value is -2.89. The fraction of sp³-hybridized carbons (Fsp3) is 0.158. The number of alkyl halides is 3. The van der Waals surface area contributed by atoms with E-state index in [1.54, 1.807) is 24.3 Å². The van der Waals surface area contributed by atoms with Gasteiger partial charge in [0.05, 0.1) is 24.7 Å². The van der Waals surface area contributed by atoms with Crippen LogP contribution in [0.3, 0.4) is 0 Å². The summed E-state index contributed by atoms with van der Waals surface area (Å²) in [5.41, 5.74) is 0.510. The molecule has 0 atom stereocenters. The molecule has 3 aromatic rings. The van der Waals surface area contributed by atoms with Crippen LogP contribution < -0.4 is 10.5 Å². The molecule has 7 nitrogen and oxygen atoms in total. The number of nitrogens with one attached hydrogen (secondary N) is 1. The molecule has 3 N–H and O–H groups in total. The van der Waals surface area contributed by atoms with Gasteiger partial charge in [0.25, 0.3) is 0 Å². The number of carbonyl (C=O) groups is 1. The van der Waals surface area contributed by atoms with E-state index < -0.39 is 33.4 Å². The quantitative estimate of drug-likeness (QED) is 0.572. The highest BCUT2D eigenvalue weighted by Gasteiger charge is 2.28. The normalized spacial score (nSPS) is 12.0. The molecule has 1 amide bonds. The molecule has 31 heavy (non-hydrogen) atoms. The minimum absolute atomic E-state index is 0.0495. The van der Waals surface area contributed by atoms with E-state index in [4.69, 9.17) is 16.7 Å². The summed E-state index contributed by atoms with van der Waals surface area (Å²) in [6.07, 6.45) is -3.65. The van der Waals surface area contributed by atoms with E-state index in [1.165, 1.54) is 12.1 Å². The number of anilines is 1. The Morgan fingerprint density at radius 1 is 1.19 bits per heavy atom. The molecule has 0 aliphatic heterocycles. The smallest absolute Gasteiger partial charge is 0.326 e. The van der Waals surface area contributed by atoms with Gasteiger partial charge in [-0.3, -0.25) is 4.79 Å². The number of amides is 1. The van der Waals surface area contributed by atoms with Crippen molar-refractivity contribution >= 4 is 33.2 Å². The molecule has 1 aromatic heterocycles. The van der Waals surface area contributed by atoms with Crippen molar-refractivity contribution < 1.29 is 26.4 Å². The Bertz CT molecular complexity index is 1230. The fourth-order valence-corrected chi connectivity index (χ4v) is 3.79. The molecule has 1 heterocycles. The van der Waals surface area contributed by atoms with Crippen molar-refractivity contribution in [3.05, 3.63) is 71.0 Å². The summed E-state index contributed by atoms with van der Waals surface area (Å²) < 4.78 is 62.8. The van der Waals surface area contributed by atoms with Crippen LogP contribution in [0.1, 0.15) is 11.1 Å². The fourth-order valence-electron chi connectivity index (χ4n) is 2.84. The second kappa shape index (κ2) is 8.69. The highest BCUT2D eigenvalue weighted by atomic mass is 35.5. The van der Waals surface area contributed by atoms with Crippen LogP contribution in [0.15, 0.2) is 59.8 Å². The largest absolute Gasteiger partial charge is 0.393 e. The summed E-state index contributed by atoms with van der Waals surface area (Å²) in [7, 11) is -4.29. The first-order valence-corrected chi connectivity index (χ1v) is 10.7. The molecule has 0 radical (unpaired) electrons. The zero-order chi connectivity index (χ0) is 22.8. The predicted molar refractivity (Wildman–Crippen MR) is 108 cm³/mol. The summed E-state index contributed by atoms with van der Waals surface area (Å²) in [5.74, 6) is -0.451. The average molecular weight is 473 g/mol. The first-order chi connectivity index (χ1) is 14.4. The van der Waals surface area contributed by atoms with Crippen LogP contribution in [-0.2, 0) is 27.7 Å². The molecule has 0 aliphatic rings. The summed E-state index contributed by atoms with van der Waals surface area (Å²) in [4.78, 5) is 11.9. The van der Waals surface area contributed by atoms with Crippen molar-refractivity contribution in [2.24, 2.45) is 5.14 Å². The highest BCUT2D eigenvalue weighted by Crippen LogP contribution is 2.26. The number of halogens is 4. The van der Waals surface area contributed by atoms with E-state index in [2.05, 4.69) is 10.4 Å². The molecule has 0 spiro atoms. The van der Waals surface area contributed by atoms with Gasteiger partial charge in [-0.05, 0) is 35.4 Å². The molecule has 12 heteroatoms. The standard InChI is InChI=1S/C19H16ClF3N4O3S/c20-15-4-2-1-3-13(15)7-18(28)26-14-5-6-16(17(8-14)31(24,29)30)27-11-12(10-25-27)9-19(21,22)23/h1-6,8,10-11H,7,9H2,(H,26,28)(H2,24,29,30). The van der Waals surface area contributed by atoms with Crippen molar-refractivity contribution in [3.63, 3.8) is 0 Å². The molecule has 0 unspecified atom stereocenters. The van der Waals surface area contributed by atoms with E-state index in [0.29, 0.717) is 10.6 Å². The minimum atomic E-state index is -4.44. The van der Waals surface area contributed by atoms with Crippen LogP contribution in [0.4, 0.5) is 18.9 Å². The van der Waals surface area contributed by atoms with Crippen LogP contribution in [0, 0.1) is 0 Å². The number of benzene rings is 2. The summed E-state index contributed by atoms with van der Waals surface area (Å²) >= 11 is 6.03. The Kier molecular flexibility index (Phi) is 6.39. The summed E-state index contributed by atoms with van der Waals surface area (Å²) in [6.45, 7) is 0. The van der Waals surface area contributed by atoms with Crippen LogP contribution in [0.25, 0.3) is 5.69 Å². The molecular formula is C19H16ClF3N4O3S. The van der Waals surface area contributed by atoms with Gasteiger partial charge in [0.1, 0.15) is 4.90 Å². The first-order valence-electron chi connectivity index (χ1n) is 8.73. The number of sulfonamides is 1. The van der Waals surface area contributed by atoms with Gasteiger partial charge in [0.2, 0.25) is 15.9 Å². The molecule has 164 valence electrons. The third-order valence-corrected chi connectivity index (χ3v) is 5.46. The SMILES string of the molecule is NS(=O)(=O)c1cc(NC(=O)Cc2ccccc2Cl)ccc1-n1cc(CC(F)(F)F)cn1. The number of hydrogen-bond acceptors (Lipinski definition) is 4. The molecule has 0 fully saturated rings. The predicted octanol–water partition coefficient (Wildman–Crippen LogP) is 3.46. The maximum absolute atomic E-state index is 12.6. The van der Waals surface area contributed by atoms with Gasteiger partial charge in [-0.2, -0.15) is 18.3 Å². The zero-order valence-electron chi connectivity index (χ0n) is 15.7. The van der Waals surface area contributed by atoms with Gasteiger partial charge in [0, 0.05) is 16.9 Å². The Labute approximate surface area is 180 Å². The average Bonchev–Trinajstić information content (AvgIpc) is 3.09. The molecule has 0 bridgehead atoms. The maximum atomic E-state index is 12.6. The molecular weight excluding hydrogens is 457 g/mol. The van der Waals surface area contributed by atoms with Crippen molar-refractivity contribution in [1.82, 2.24) is 9.78 Å². The van der Waals surface area contributed by atoms with E-state index in [9.17, 15) is 26.4 Å². The molecule has 0 saturated carbocycles. The van der Waals surface area contributed by atoms with Gasteiger partial charge >= 0.3 is 6.18 Å². The topological polar surface area (TPSA) is 107 Å². The second-order valence-corrected chi connectivity index (χ2v) is 8.57. The van der Waals surface area contributed by atoms with Crippen LogP contribution in [0.2, 0.25) is 5.02 Å². The summed E-state index contributed by atoms with van der Waals surface area (Å²) in [5, 5.41) is 12.0. The van der Waals surface area contributed by atoms with Crippen LogP contribution >= 0.6 is 11.6 Å². The number of carbonyl (C=O) groups excluding carboxylic acids is 1. The highest BCUT2D eigenvalue weighted by molar-refractivity contribution is 7.89. The monoisotopic (exact) mass is 472 g/mol. The van der Waals surface area contributed by atoms with Gasteiger partial charge in [-0.15, -0.1) is 0 Å². The number of primary sulfonamides is 1. The third kappa shape index (κ3) is 6.06. The zero-order valence-corrected chi connectivity index (χ0v) is 17.3. The van der Waals surface area contributed by atoms with E-state index in [-0.39, 0.29) is 23.4 Å². The Balaban J connectivity index is 1.87. The first kappa shape index (κ1) is 22.8. The molecule has 3 rings (SSSR count). The van der Waals surface area contributed by atoms with Crippen molar-refractivity contribution in [2.75, 3.05) is 5.32 Å². The lowest BCUT2D eigenvalue weighted by atomic mass is 10.1. The van der Waals surface area contributed by atoms with Gasteiger partial charge in [-0.1, -0.05) is 29.8 Å². The van der Waals surface area contributed by atoms with Crippen molar-refractivity contribution in [2.45, 2.75) is 23.9 Å². The van der Waals surface area contributed by atoms with Gasteiger partial charge in [0.15, 0.2) is 0 Å². The summed E-state index contributed by atoms with van der Waals surface area (Å²) in [6, 6.07) is 10.5. The van der Waals surface area contributed by atoms with Crippen molar-refractivity contribution in [3.8, 4) is 5.69 Å². The number of nitrogens with two attached hydrogens (primary N) is 1. The van der Waals surface area contributed by atoms with Crippen LogP contribution in [-0.4, -0.2) is 30.3 Å². The minimum Gasteiger partial charge on any atom is -0.326 e. The second-order valence-electron chi connectivity index (χ2n) is 6.63. The van der Waals surface area contributed by atoms with E-state index in [1.807, 2.05) is 0 Å². The Morgan fingerprint density at radius 3 is 2.55 bits per heavy atom. The van der Waals surface area contributed by atoms with Crippen molar-refractivity contribution in [1.29, 1.82) is 0 Å². The molecule has 0 saturated heterocycles. The lowest BCUT2D eigenvalue weighted by molar-refractivity contribution is -0.127. The maximum Gasteiger partial charge on any atom is 0.393 e. The van der Waals surface area contributed by atoms with Gasteiger partial charge < -0.3 is 5.32 Å². The number of hydrogen-bond donors (Lipinski definition) is 2. The number of rotatable bonds is 6. The Morgan fingerprint density at radius 2 is 1.90 bits per heavy atom. The van der Waals surface area contributed by atoms with E-state index in [0.717, 1.165) is 23.1 Å². The van der Waals surface area contributed by atoms with E-state index >= 15 is 0 Å². The van der Waals surface area contributed by atoms with Crippen LogP contribution in [0.5, 0.6) is 0 Å². The third-order valence-electron chi connectivity index (χ3n) is 4.15. The van der Waals surface area contributed by atoms with Gasteiger partial charge in [-0.25, -0.2) is 18.2 Å². The molecule has 2 aromatic carbocycles. The molecule has 0 aliphatic carbocycles. The lowest BCUT2D eigenvalue weighted by Crippen LogP contribution is -2.18.